The van der Waals surface area contributed by atoms with E-state index in [2.05, 4.69) is 202 Å². The molecule has 0 unspecified atom stereocenters. The smallest absolute Gasteiger partial charge is 0.252 e. The topological polar surface area (TPSA) is 9.86 Å². The van der Waals surface area contributed by atoms with Gasteiger partial charge in [0.1, 0.15) is 0 Å². The van der Waals surface area contributed by atoms with Gasteiger partial charge in [0, 0.05) is 44.1 Å². The molecule has 0 bridgehead atoms. The van der Waals surface area contributed by atoms with Crippen LogP contribution in [0.25, 0.3) is 77.6 Å². The van der Waals surface area contributed by atoms with Gasteiger partial charge in [-0.1, -0.05) is 201 Å². The minimum atomic E-state index is -0.486. The lowest BCUT2D eigenvalue weighted by Gasteiger charge is -2.44. The number of aromatic nitrogens is 2. The summed E-state index contributed by atoms with van der Waals surface area (Å²) in [7, 11) is 0. The molecule has 0 radical (unpaired) electrons. The maximum Gasteiger partial charge on any atom is 0.252 e. The second-order valence-corrected chi connectivity index (χ2v) is 24.9. The summed E-state index contributed by atoms with van der Waals surface area (Å²) in [5, 5.41) is 4.27. The fourth-order valence-electron chi connectivity index (χ4n) is 15.8. The van der Waals surface area contributed by atoms with Crippen LogP contribution >= 0.6 is 0 Å². The predicted molar refractivity (Wildman–Crippen MR) is 304 cm³/mol. The van der Waals surface area contributed by atoms with Crippen molar-refractivity contribution in [1.82, 2.24) is 9.13 Å². The van der Waals surface area contributed by atoms with Gasteiger partial charge in [-0.3, -0.25) is 0 Å². The Hall–Kier alpha value is -6.84. The van der Waals surface area contributed by atoms with E-state index in [1.165, 1.54) is 179 Å². The highest BCUT2D eigenvalue weighted by molar-refractivity contribution is 7.00. The molecule has 3 aliphatic heterocycles. The van der Waals surface area contributed by atoms with Crippen LogP contribution in [0.5, 0.6) is 0 Å². The van der Waals surface area contributed by atoms with Crippen molar-refractivity contribution in [1.29, 1.82) is 0 Å². The van der Waals surface area contributed by atoms with Crippen LogP contribution in [0.15, 0.2) is 152 Å². The Kier molecular flexibility index (Phi) is 8.25. The maximum absolute atomic E-state index is 2.84. The summed E-state index contributed by atoms with van der Waals surface area (Å²) in [4.78, 5) is 0. The van der Waals surface area contributed by atoms with Gasteiger partial charge in [-0.25, -0.2) is 0 Å². The molecular formula is C69H61BN2. The quantitative estimate of drug-likeness (QED) is 0.156. The van der Waals surface area contributed by atoms with Crippen molar-refractivity contribution in [2.45, 2.75) is 121 Å². The predicted octanol–water partition coefficient (Wildman–Crippen LogP) is 15.8. The van der Waals surface area contributed by atoms with E-state index in [1.54, 1.807) is 11.1 Å². The molecule has 72 heavy (non-hydrogen) atoms. The minimum absolute atomic E-state index is 0.0467. The van der Waals surface area contributed by atoms with Gasteiger partial charge in [0.05, 0.1) is 16.6 Å². The zero-order chi connectivity index (χ0) is 48.2. The maximum atomic E-state index is 2.84. The fraction of sp³-hybridized carbons (Fsp3) is 0.275. The van der Waals surface area contributed by atoms with Crippen molar-refractivity contribution in [2.24, 2.45) is 0 Å². The van der Waals surface area contributed by atoms with Gasteiger partial charge in [0.15, 0.2) is 0 Å². The van der Waals surface area contributed by atoms with Crippen LogP contribution in [0.1, 0.15) is 149 Å². The van der Waals surface area contributed by atoms with E-state index in [0.717, 1.165) is 0 Å². The average Bonchev–Trinajstić information content (AvgIpc) is 4.26. The van der Waals surface area contributed by atoms with Crippen molar-refractivity contribution in [3.63, 3.8) is 0 Å². The van der Waals surface area contributed by atoms with Crippen molar-refractivity contribution in [3.8, 4) is 44.9 Å². The van der Waals surface area contributed by atoms with Crippen LogP contribution in [0.3, 0.4) is 0 Å². The van der Waals surface area contributed by atoms with E-state index in [9.17, 15) is 0 Å². The van der Waals surface area contributed by atoms with E-state index in [4.69, 9.17) is 0 Å². The zero-order valence-electron chi connectivity index (χ0n) is 42.7. The summed E-state index contributed by atoms with van der Waals surface area (Å²) >= 11 is 0. The third-order valence-electron chi connectivity index (χ3n) is 19.1. The summed E-state index contributed by atoms with van der Waals surface area (Å²) < 4.78 is 5.58. The fourth-order valence-corrected chi connectivity index (χ4v) is 15.8. The summed E-state index contributed by atoms with van der Waals surface area (Å²) in [6, 6.07) is 61.5. The second kappa shape index (κ2) is 14.2. The minimum Gasteiger partial charge on any atom is -0.310 e. The summed E-state index contributed by atoms with van der Waals surface area (Å²) in [5.41, 5.74) is 30.5. The lowest BCUT2D eigenvalue weighted by molar-refractivity contribution is 0.590. The molecular weight excluding hydrogens is 868 g/mol. The Morgan fingerprint density at radius 3 is 1.62 bits per heavy atom. The Morgan fingerprint density at radius 2 is 1.01 bits per heavy atom. The highest BCUT2D eigenvalue weighted by Gasteiger charge is 2.54. The molecule has 10 aromatic rings. The first-order valence-corrected chi connectivity index (χ1v) is 27.4. The van der Waals surface area contributed by atoms with Crippen LogP contribution in [0.2, 0.25) is 0 Å². The van der Waals surface area contributed by atoms with Gasteiger partial charge in [0.2, 0.25) is 0 Å². The molecule has 0 N–H and O–H groups in total. The Morgan fingerprint density at radius 1 is 0.458 bits per heavy atom. The van der Waals surface area contributed by atoms with E-state index in [0.29, 0.717) is 11.8 Å². The molecule has 0 amide bonds. The standard InChI is InChI=1S/C69H61BN2/c1-67(2,3)46-30-26-42(27-31-46)60-50-22-15-25-57-64(50)71(62(60)43-28-32-47(33-29-43)68(4,5)6)59-35-34-55-66-61(59)70(57)58-39-45(41-18-9-10-19-41)37-52-51-36-44(40-16-7-8-17-40)38-56(63(51)72(66)65(52)58)69(55)53-23-13-11-20-48(53)49-21-12-14-24-54(49)69/h11-15,20-41H,7-10,16-19H2,1-6H3. The van der Waals surface area contributed by atoms with Gasteiger partial charge in [0.25, 0.3) is 6.71 Å². The van der Waals surface area contributed by atoms with Crippen LogP contribution in [-0.4, -0.2) is 15.8 Å². The number of hydrogen-bond acceptors (Lipinski definition) is 0. The first-order chi connectivity index (χ1) is 35.0. The van der Waals surface area contributed by atoms with Crippen LogP contribution in [0, 0.1) is 0 Å². The first-order valence-electron chi connectivity index (χ1n) is 27.4. The number of hydrogen-bond donors (Lipinski definition) is 0. The van der Waals surface area contributed by atoms with Crippen molar-refractivity contribution < 1.29 is 0 Å². The number of fused-ring (bicyclic) bond motifs is 11. The van der Waals surface area contributed by atoms with E-state index >= 15 is 0 Å². The lowest BCUT2D eigenvalue weighted by Crippen LogP contribution is -2.60. The number of para-hydroxylation sites is 1. The molecule has 2 nitrogen and oxygen atoms in total. The summed E-state index contributed by atoms with van der Waals surface area (Å²) in [6.45, 7) is 14.0. The molecule has 2 aromatic heterocycles. The first kappa shape index (κ1) is 41.7. The molecule has 5 heterocycles. The normalized spacial score (nSPS) is 17.1. The molecule has 0 atom stereocenters. The SMILES string of the molecule is CC(C)(C)c1ccc(-c2c(-c3ccc(C(C)(C)C)cc3)n3c4c(cccc24)B2c4c-3ccc3c4-n4c5c2cc(C2CCCC2)cc5c2cc(C5CCCC5)cc(c24)C32c3ccccc3-c3ccccc32)cc1. The highest BCUT2D eigenvalue weighted by Crippen LogP contribution is 2.62. The Balaban J connectivity index is 1.10. The molecule has 8 aromatic carbocycles. The molecule has 6 aliphatic rings. The van der Waals surface area contributed by atoms with Gasteiger partial charge >= 0.3 is 0 Å². The third-order valence-corrected chi connectivity index (χ3v) is 19.1. The lowest BCUT2D eigenvalue weighted by atomic mass is 9.33. The summed E-state index contributed by atoms with van der Waals surface area (Å²) in [6.07, 6.45) is 10.4. The molecule has 0 saturated heterocycles. The number of nitrogens with zero attached hydrogens (tertiary/aromatic N) is 2. The largest absolute Gasteiger partial charge is 0.310 e. The molecule has 1 spiro atoms. The van der Waals surface area contributed by atoms with Gasteiger partial charge < -0.3 is 9.13 Å². The van der Waals surface area contributed by atoms with Crippen molar-refractivity contribution >= 4 is 55.8 Å². The molecule has 2 saturated carbocycles. The number of rotatable bonds is 4. The summed E-state index contributed by atoms with van der Waals surface area (Å²) in [5.74, 6) is 1.18. The molecule has 3 heteroatoms. The van der Waals surface area contributed by atoms with Gasteiger partial charge in [-0.2, -0.15) is 0 Å². The Bertz CT molecular complexity index is 3950. The van der Waals surface area contributed by atoms with E-state index < -0.39 is 5.41 Å². The molecule has 3 aliphatic carbocycles. The van der Waals surface area contributed by atoms with Crippen molar-refractivity contribution in [3.05, 3.63) is 196 Å². The molecule has 16 rings (SSSR count). The third kappa shape index (κ3) is 5.22. The van der Waals surface area contributed by atoms with E-state index in [-0.39, 0.29) is 17.5 Å². The Labute approximate surface area is 424 Å². The zero-order valence-corrected chi connectivity index (χ0v) is 42.7. The van der Waals surface area contributed by atoms with E-state index in [1.807, 2.05) is 0 Å². The average molecular weight is 929 g/mol. The highest BCUT2D eigenvalue weighted by atomic mass is 15.1. The van der Waals surface area contributed by atoms with Crippen LogP contribution < -0.4 is 16.4 Å². The monoisotopic (exact) mass is 928 g/mol. The second-order valence-electron chi connectivity index (χ2n) is 24.9. The number of benzene rings is 8. The van der Waals surface area contributed by atoms with Gasteiger partial charge in [-0.05, 0) is 150 Å². The van der Waals surface area contributed by atoms with Gasteiger partial charge in [-0.15, -0.1) is 0 Å². The van der Waals surface area contributed by atoms with Crippen molar-refractivity contribution in [2.75, 3.05) is 0 Å². The molecule has 2 fully saturated rings. The van der Waals surface area contributed by atoms with Crippen LogP contribution in [0.4, 0.5) is 0 Å². The molecule has 350 valence electrons. The van der Waals surface area contributed by atoms with Crippen LogP contribution in [-0.2, 0) is 16.2 Å².